The van der Waals surface area contributed by atoms with E-state index >= 15 is 0 Å². The van der Waals surface area contributed by atoms with Crippen LogP contribution in [0.3, 0.4) is 0 Å². The normalized spacial score (nSPS) is 13.2. The Morgan fingerprint density at radius 1 is 1.11 bits per heavy atom. The second-order valence-electron chi connectivity index (χ2n) is 7.10. The van der Waals surface area contributed by atoms with Crippen LogP contribution in [0.4, 0.5) is 16.3 Å². The second kappa shape index (κ2) is 8.81. The number of amides is 2. The first-order valence-electron chi connectivity index (χ1n) is 9.31. The van der Waals surface area contributed by atoms with Gasteiger partial charge in [-0.3, -0.25) is 10.3 Å². The third-order valence-corrected chi connectivity index (χ3v) is 4.51. The average molecular weight is 369 g/mol. The van der Waals surface area contributed by atoms with Crippen LogP contribution in [-0.2, 0) is 12.8 Å². The van der Waals surface area contributed by atoms with Gasteiger partial charge in [0.1, 0.15) is 12.4 Å². The van der Waals surface area contributed by atoms with Crippen molar-refractivity contribution >= 4 is 17.5 Å². The summed E-state index contributed by atoms with van der Waals surface area (Å²) in [5.41, 5.74) is 4.09. The van der Waals surface area contributed by atoms with Crippen molar-refractivity contribution in [2.75, 3.05) is 37.9 Å². The van der Waals surface area contributed by atoms with Crippen LogP contribution in [0.25, 0.3) is 0 Å². The molecular weight excluding hydrogens is 342 g/mol. The number of nitrogens with one attached hydrogen (secondary N) is 2. The third-order valence-electron chi connectivity index (χ3n) is 4.51. The minimum Gasteiger partial charge on any atom is -0.490 e. The molecule has 2 N–H and O–H groups in total. The number of carbonyl (C=O) groups excluding carboxylic acids is 1. The van der Waals surface area contributed by atoms with Crippen molar-refractivity contribution in [2.24, 2.45) is 0 Å². The summed E-state index contributed by atoms with van der Waals surface area (Å²) in [6, 6.07) is 3.76. The van der Waals surface area contributed by atoms with Gasteiger partial charge in [-0.2, -0.15) is 0 Å². The molecule has 0 unspecified atom stereocenters. The van der Waals surface area contributed by atoms with Crippen molar-refractivity contribution in [1.82, 2.24) is 14.9 Å². The molecule has 0 saturated heterocycles. The maximum atomic E-state index is 12.4. The van der Waals surface area contributed by atoms with E-state index in [9.17, 15) is 4.79 Å². The number of fused-ring (bicyclic) bond motifs is 1. The number of ether oxygens (including phenoxy) is 1. The van der Waals surface area contributed by atoms with E-state index < -0.39 is 0 Å². The predicted molar refractivity (Wildman–Crippen MR) is 107 cm³/mol. The number of rotatable bonds is 6. The van der Waals surface area contributed by atoms with E-state index in [-0.39, 0.29) is 6.03 Å². The fourth-order valence-corrected chi connectivity index (χ4v) is 3.05. The summed E-state index contributed by atoms with van der Waals surface area (Å²) in [6.07, 6.45) is 7.63. The first-order valence-corrected chi connectivity index (χ1v) is 9.31. The van der Waals surface area contributed by atoms with Crippen molar-refractivity contribution in [2.45, 2.75) is 32.6 Å². The highest BCUT2D eigenvalue weighted by molar-refractivity contribution is 6.00. The molecule has 2 aromatic rings. The van der Waals surface area contributed by atoms with Crippen molar-refractivity contribution in [1.29, 1.82) is 0 Å². The van der Waals surface area contributed by atoms with Crippen LogP contribution in [0, 0.1) is 6.92 Å². The third kappa shape index (κ3) is 5.40. The van der Waals surface area contributed by atoms with E-state index in [1.54, 1.807) is 6.20 Å². The highest BCUT2D eigenvalue weighted by atomic mass is 16.5. The molecule has 1 aliphatic rings. The number of hydrogen-bond donors (Lipinski definition) is 2. The Kier molecular flexibility index (Phi) is 6.24. The molecule has 1 aromatic heterocycles. The zero-order valence-electron chi connectivity index (χ0n) is 16.2. The van der Waals surface area contributed by atoms with Crippen molar-refractivity contribution in [3.05, 3.63) is 41.3 Å². The Morgan fingerprint density at radius 3 is 2.52 bits per heavy atom. The number of urea groups is 1. The van der Waals surface area contributed by atoms with Gasteiger partial charge in [0.05, 0.1) is 23.8 Å². The number of benzene rings is 1. The van der Waals surface area contributed by atoms with Crippen molar-refractivity contribution in [3.63, 3.8) is 0 Å². The van der Waals surface area contributed by atoms with E-state index in [1.165, 1.54) is 30.2 Å². The Balaban J connectivity index is 1.74. The molecule has 0 bridgehead atoms. The summed E-state index contributed by atoms with van der Waals surface area (Å²) in [5, 5.41) is 5.62. The number of carbonyl (C=O) groups is 1. The average Bonchev–Trinajstić information content (AvgIpc) is 2.63. The summed E-state index contributed by atoms with van der Waals surface area (Å²) >= 11 is 0. The van der Waals surface area contributed by atoms with Crippen LogP contribution < -0.4 is 15.4 Å². The zero-order chi connectivity index (χ0) is 19.2. The lowest BCUT2D eigenvalue weighted by Crippen LogP contribution is -2.23. The van der Waals surface area contributed by atoms with Crippen LogP contribution in [-0.4, -0.2) is 48.1 Å². The number of aromatic nitrogens is 2. The fourth-order valence-electron chi connectivity index (χ4n) is 3.05. The topological polar surface area (TPSA) is 79.4 Å². The van der Waals surface area contributed by atoms with Gasteiger partial charge in [-0.1, -0.05) is 0 Å². The molecule has 27 heavy (non-hydrogen) atoms. The van der Waals surface area contributed by atoms with Gasteiger partial charge in [-0.15, -0.1) is 0 Å². The van der Waals surface area contributed by atoms with E-state index in [2.05, 4.69) is 31.6 Å². The second-order valence-corrected chi connectivity index (χ2v) is 7.10. The van der Waals surface area contributed by atoms with Crippen LogP contribution in [0.2, 0.25) is 0 Å². The molecule has 1 aromatic carbocycles. The fraction of sp³-hybridized carbons (Fsp3) is 0.450. The Hall–Kier alpha value is -2.67. The molecule has 2 amide bonds. The lowest BCUT2D eigenvalue weighted by atomic mass is 9.91. The highest BCUT2D eigenvalue weighted by Gasteiger charge is 2.16. The largest absolute Gasteiger partial charge is 0.490 e. The van der Waals surface area contributed by atoms with Crippen molar-refractivity contribution < 1.29 is 9.53 Å². The van der Waals surface area contributed by atoms with Gasteiger partial charge in [0.2, 0.25) is 0 Å². The van der Waals surface area contributed by atoms with Crippen molar-refractivity contribution in [3.8, 4) is 5.75 Å². The molecule has 0 atom stereocenters. The summed E-state index contributed by atoms with van der Waals surface area (Å²) < 4.78 is 5.97. The Labute approximate surface area is 160 Å². The standard InChI is InChI=1S/C20H27N5O2/c1-14-12-22-19(13-21-14)24-20(26)23-17-10-15-6-4-5-7-16(15)11-18(17)27-9-8-25(2)3/h10-13H,4-9H2,1-3H3,(H2,22,23,24,26). The molecule has 0 saturated carbocycles. The van der Waals surface area contributed by atoms with Gasteiger partial charge < -0.3 is 15.0 Å². The van der Waals surface area contributed by atoms with Gasteiger partial charge in [0.15, 0.2) is 5.82 Å². The summed E-state index contributed by atoms with van der Waals surface area (Å²) in [5.74, 6) is 1.12. The SMILES string of the molecule is Cc1cnc(NC(=O)Nc2cc3c(cc2OCCN(C)C)CCCC3)cn1. The molecule has 1 aliphatic carbocycles. The Morgan fingerprint density at radius 2 is 1.85 bits per heavy atom. The number of nitrogens with zero attached hydrogens (tertiary/aromatic N) is 3. The molecular formula is C20H27N5O2. The number of hydrogen-bond acceptors (Lipinski definition) is 5. The molecule has 3 rings (SSSR count). The van der Waals surface area contributed by atoms with E-state index in [1.807, 2.05) is 27.1 Å². The lowest BCUT2D eigenvalue weighted by molar-refractivity contribution is 0.258. The van der Waals surface area contributed by atoms with Crippen LogP contribution in [0.15, 0.2) is 24.5 Å². The molecule has 0 fully saturated rings. The van der Waals surface area contributed by atoms with E-state index in [0.29, 0.717) is 23.9 Å². The maximum absolute atomic E-state index is 12.4. The predicted octanol–water partition coefficient (Wildman–Crippen LogP) is 3.25. The van der Waals surface area contributed by atoms with Gasteiger partial charge >= 0.3 is 6.03 Å². The first kappa shape index (κ1) is 19.1. The quantitative estimate of drug-likeness (QED) is 0.817. The monoisotopic (exact) mass is 369 g/mol. The van der Waals surface area contributed by atoms with Gasteiger partial charge in [0, 0.05) is 6.54 Å². The van der Waals surface area contributed by atoms with E-state index in [4.69, 9.17) is 4.74 Å². The number of aryl methyl sites for hydroxylation is 3. The van der Waals surface area contributed by atoms with Crippen LogP contribution in [0.5, 0.6) is 5.75 Å². The van der Waals surface area contributed by atoms with E-state index in [0.717, 1.165) is 25.1 Å². The van der Waals surface area contributed by atoms with Gasteiger partial charge in [-0.05, 0) is 70.0 Å². The Bertz CT molecular complexity index is 790. The minimum absolute atomic E-state index is 0.360. The first-order chi connectivity index (χ1) is 13.0. The summed E-state index contributed by atoms with van der Waals surface area (Å²) in [4.78, 5) is 22.8. The van der Waals surface area contributed by atoms with Gasteiger partial charge in [-0.25, -0.2) is 9.78 Å². The molecule has 7 nitrogen and oxygen atoms in total. The smallest absolute Gasteiger partial charge is 0.324 e. The molecule has 7 heteroatoms. The minimum atomic E-state index is -0.360. The highest BCUT2D eigenvalue weighted by Crippen LogP contribution is 2.33. The number of anilines is 2. The number of likely N-dealkylation sites (N-methyl/N-ethyl adjacent to an activating group) is 1. The molecule has 144 valence electrons. The molecule has 0 aliphatic heterocycles. The van der Waals surface area contributed by atoms with Crippen LogP contribution in [0.1, 0.15) is 29.7 Å². The molecule has 1 heterocycles. The van der Waals surface area contributed by atoms with Gasteiger partial charge in [0.25, 0.3) is 0 Å². The maximum Gasteiger partial charge on any atom is 0.324 e. The molecule has 0 spiro atoms. The lowest BCUT2D eigenvalue weighted by Gasteiger charge is -2.21. The molecule has 0 radical (unpaired) electrons. The van der Waals surface area contributed by atoms with Crippen LogP contribution >= 0.6 is 0 Å². The zero-order valence-corrected chi connectivity index (χ0v) is 16.2. The summed E-state index contributed by atoms with van der Waals surface area (Å²) in [6.45, 7) is 3.22. The summed E-state index contributed by atoms with van der Waals surface area (Å²) in [7, 11) is 4.01.